The number of carboxylic acid groups (broad SMARTS) is 1. The van der Waals surface area contributed by atoms with Crippen LogP contribution in [0, 0.1) is 0 Å². The minimum Gasteiger partial charge on any atom is -0.496 e. The van der Waals surface area contributed by atoms with E-state index in [-0.39, 0.29) is 100 Å². The van der Waals surface area contributed by atoms with Crippen LogP contribution in [0.25, 0.3) is 0 Å². The molecule has 0 aliphatic carbocycles. The van der Waals surface area contributed by atoms with Gasteiger partial charge in [-0.2, -0.15) is 0 Å². The third-order valence-electron chi connectivity index (χ3n) is 13.5. The topological polar surface area (TPSA) is 437 Å². The number of nitrogens with two attached hydrogens (primary N) is 5. The summed E-state index contributed by atoms with van der Waals surface area (Å²) in [6.45, 7) is 1.25. The standard InChI is InChI=1S/C59H83N13O14/c1-83-47-21-18-36(31-39(47)52(75)65-30-25-51(73)74)67-57(80)44(14-6-10-27-61)71-54(77)41-33-38(20-23-49(41)85-3)69-59(82)46(16-8-12-29-63)72-55(78)42-34-37(19-24-50(42)86-4)68-58(81)45(15-7-11-28-62)70-53(76)40-32-35(17-22-48(40)84-2)66-56(79)43(64)13-5-9-26-60/h17-24,31-34,43-46H,5-16,25-30,60-64H2,1-4H3,(H,65,75)(H,66,79)(H,67,80)(H,68,81)(H,69,82)(H,70,76)(H,71,77)(H,72,78)(H,73,74)/t43-,44-,45?,46-/m0/s1. The molecule has 0 radical (unpaired) electrons. The number of nitrogens with one attached hydrogen (secondary N) is 8. The maximum absolute atomic E-state index is 14.3. The van der Waals surface area contributed by atoms with Crippen molar-refractivity contribution in [1.82, 2.24) is 21.3 Å². The zero-order chi connectivity index (χ0) is 63.1. The van der Waals surface area contributed by atoms with Crippen LogP contribution in [0.2, 0.25) is 0 Å². The SMILES string of the molecule is COc1ccc(NC(=O)[C@H](CCCCN)NC(=O)c2cc(NC(=O)[C@H](CCCCN)NC(=O)c3cc(NC(=O)C(CCCCN)NC(=O)c4cc(NC(=O)[C@@H](N)CCCCN)ccc4OC)ccc3OC)ccc2OC)cc1C(=O)NCCC(=O)O. The molecule has 4 rings (SSSR count). The van der Waals surface area contributed by atoms with Crippen LogP contribution >= 0.6 is 0 Å². The van der Waals surface area contributed by atoms with Gasteiger partial charge in [-0.1, -0.05) is 6.42 Å². The predicted molar refractivity (Wildman–Crippen MR) is 324 cm³/mol. The molecule has 0 saturated heterocycles. The van der Waals surface area contributed by atoms with E-state index in [0.717, 1.165) is 0 Å². The van der Waals surface area contributed by atoms with Crippen molar-refractivity contribution in [2.24, 2.45) is 28.7 Å². The summed E-state index contributed by atoms with van der Waals surface area (Å²) in [5.41, 5.74) is 29.6. The summed E-state index contributed by atoms with van der Waals surface area (Å²) in [5.74, 6) is -5.84. The lowest BCUT2D eigenvalue weighted by Crippen LogP contribution is -2.44. The van der Waals surface area contributed by atoms with Crippen LogP contribution in [-0.4, -0.2) is 144 Å². The third-order valence-corrected chi connectivity index (χ3v) is 13.5. The molecule has 0 heterocycles. The van der Waals surface area contributed by atoms with Crippen LogP contribution in [0.4, 0.5) is 22.7 Å². The maximum Gasteiger partial charge on any atom is 0.305 e. The molecule has 0 aliphatic rings. The number of carboxylic acids is 1. The molecular weight excluding hydrogens is 1110 g/mol. The van der Waals surface area contributed by atoms with Crippen molar-refractivity contribution in [3.63, 3.8) is 0 Å². The summed E-state index contributed by atoms with van der Waals surface area (Å²) < 4.78 is 21.8. The minimum absolute atomic E-state index is 0.0209. The van der Waals surface area contributed by atoms with Gasteiger partial charge in [0.25, 0.3) is 23.6 Å². The van der Waals surface area contributed by atoms with E-state index in [1.165, 1.54) is 95.2 Å². The lowest BCUT2D eigenvalue weighted by Gasteiger charge is -2.22. The average molecular weight is 1200 g/mol. The van der Waals surface area contributed by atoms with Crippen molar-refractivity contribution < 1.29 is 67.2 Å². The molecule has 0 saturated carbocycles. The highest BCUT2D eigenvalue weighted by Gasteiger charge is 2.29. The Morgan fingerprint density at radius 2 is 0.686 bits per heavy atom. The molecule has 4 aromatic carbocycles. The summed E-state index contributed by atoms with van der Waals surface area (Å²) >= 11 is 0. The molecule has 0 fully saturated rings. The molecule has 4 aromatic rings. The number of carbonyl (C=O) groups excluding carboxylic acids is 8. The Hall–Kier alpha value is -8.89. The van der Waals surface area contributed by atoms with Gasteiger partial charge in [0.15, 0.2) is 0 Å². The second kappa shape index (κ2) is 36.7. The monoisotopic (exact) mass is 1200 g/mol. The summed E-state index contributed by atoms with van der Waals surface area (Å²) in [7, 11) is 5.39. The van der Waals surface area contributed by atoms with Gasteiger partial charge >= 0.3 is 5.97 Å². The van der Waals surface area contributed by atoms with Gasteiger partial charge < -0.3 is 95.3 Å². The van der Waals surface area contributed by atoms with Gasteiger partial charge in [-0.15, -0.1) is 0 Å². The van der Waals surface area contributed by atoms with Crippen molar-refractivity contribution in [3.8, 4) is 23.0 Å². The van der Waals surface area contributed by atoms with Crippen molar-refractivity contribution in [2.75, 3.05) is 82.4 Å². The Bertz CT molecular complexity index is 2960. The second-order valence-electron chi connectivity index (χ2n) is 19.8. The molecular formula is C59H83N13O14. The van der Waals surface area contributed by atoms with Crippen molar-refractivity contribution >= 4 is 76.0 Å². The molecule has 19 N–H and O–H groups in total. The average Bonchev–Trinajstić information content (AvgIpc) is 3.56. The number of hydrogen-bond acceptors (Lipinski definition) is 18. The van der Waals surface area contributed by atoms with E-state index in [1.807, 2.05) is 0 Å². The van der Waals surface area contributed by atoms with E-state index in [0.29, 0.717) is 84.0 Å². The van der Waals surface area contributed by atoms with E-state index in [4.69, 9.17) is 52.7 Å². The number of unbranched alkanes of at least 4 members (excludes halogenated alkanes) is 4. The number of benzene rings is 4. The van der Waals surface area contributed by atoms with E-state index in [9.17, 15) is 43.2 Å². The van der Waals surface area contributed by atoms with Gasteiger partial charge in [-0.3, -0.25) is 43.2 Å². The number of ether oxygens (including phenoxy) is 4. The molecule has 27 nitrogen and oxygen atoms in total. The third kappa shape index (κ3) is 21.9. The highest BCUT2D eigenvalue weighted by Crippen LogP contribution is 2.28. The molecule has 86 heavy (non-hydrogen) atoms. The van der Waals surface area contributed by atoms with Crippen LogP contribution in [0.3, 0.4) is 0 Å². The number of anilines is 4. The molecule has 1 unspecified atom stereocenters. The fraction of sp³-hybridized carbons (Fsp3) is 0.441. The zero-order valence-corrected chi connectivity index (χ0v) is 49.1. The Kier molecular flexibility index (Phi) is 29.7. The Morgan fingerprint density at radius 1 is 0.407 bits per heavy atom. The number of aliphatic carboxylic acids is 1. The van der Waals surface area contributed by atoms with Gasteiger partial charge in [0.1, 0.15) is 41.1 Å². The summed E-state index contributed by atoms with van der Waals surface area (Å²) in [4.78, 5) is 121. The number of rotatable bonds is 38. The quantitative estimate of drug-likeness (QED) is 0.0287. The van der Waals surface area contributed by atoms with Gasteiger partial charge in [-0.05, 0) is 170 Å². The lowest BCUT2D eigenvalue weighted by molar-refractivity contribution is -0.137. The number of amides is 8. The van der Waals surface area contributed by atoms with E-state index in [2.05, 4.69) is 42.5 Å². The summed E-state index contributed by atoms with van der Waals surface area (Å²) in [6.07, 6.45) is 4.75. The molecule has 0 aromatic heterocycles. The molecule has 468 valence electrons. The highest BCUT2D eigenvalue weighted by atomic mass is 16.5. The Morgan fingerprint density at radius 3 is 0.965 bits per heavy atom. The molecule has 0 bridgehead atoms. The van der Waals surface area contributed by atoms with Gasteiger partial charge in [0.05, 0.1) is 63.2 Å². The lowest BCUT2D eigenvalue weighted by atomic mass is 10.1. The van der Waals surface area contributed by atoms with Crippen LogP contribution in [0.15, 0.2) is 72.8 Å². The molecule has 8 amide bonds. The van der Waals surface area contributed by atoms with Gasteiger partial charge in [0.2, 0.25) is 23.6 Å². The first kappa shape index (κ1) is 69.6. The second-order valence-corrected chi connectivity index (χ2v) is 19.8. The van der Waals surface area contributed by atoms with E-state index in [1.54, 1.807) is 6.07 Å². The van der Waals surface area contributed by atoms with Crippen LogP contribution in [0.1, 0.15) is 125 Å². The van der Waals surface area contributed by atoms with Crippen molar-refractivity contribution in [3.05, 3.63) is 95.1 Å². The van der Waals surface area contributed by atoms with E-state index >= 15 is 0 Å². The van der Waals surface area contributed by atoms with Gasteiger partial charge in [0, 0.05) is 29.3 Å². The first-order valence-corrected chi connectivity index (χ1v) is 28.3. The van der Waals surface area contributed by atoms with Gasteiger partial charge in [-0.25, -0.2) is 0 Å². The first-order chi connectivity index (χ1) is 41.3. The Balaban J connectivity index is 1.55. The number of methoxy groups -OCH3 is 4. The van der Waals surface area contributed by atoms with Crippen molar-refractivity contribution in [1.29, 1.82) is 0 Å². The zero-order valence-electron chi connectivity index (χ0n) is 49.1. The minimum atomic E-state index is -1.19. The number of carbonyl (C=O) groups is 9. The number of hydrogen-bond donors (Lipinski definition) is 14. The molecule has 0 spiro atoms. The fourth-order valence-corrected chi connectivity index (χ4v) is 8.79. The summed E-state index contributed by atoms with van der Waals surface area (Å²) in [6, 6.07) is 13.0. The Labute approximate surface area is 499 Å². The smallest absolute Gasteiger partial charge is 0.305 e. The van der Waals surface area contributed by atoms with Crippen LogP contribution in [-0.2, 0) is 24.0 Å². The predicted octanol–water partition coefficient (Wildman–Crippen LogP) is 2.92. The molecule has 0 aliphatic heterocycles. The van der Waals surface area contributed by atoms with Crippen LogP contribution < -0.4 is 90.2 Å². The van der Waals surface area contributed by atoms with Crippen LogP contribution in [0.5, 0.6) is 23.0 Å². The maximum atomic E-state index is 14.3. The van der Waals surface area contributed by atoms with E-state index < -0.39 is 77.4 Å². The first-order valence-electron chi connectivity index (χ1n) is 28.3. The summed E-state index contributed by atoms with van der Waals surface area (Å²) in [5, 5.41) is 30.8. The molecule has 4 atom stereocenters. The highest BCUT2D eigenvalue weighted by molar-refractivity contribution is 6.07. The van der Waals surface area contributed by atoms with Crippen molar-refractivity contribution in [2.45, 2.75) is 108 Å². The normalized spacial score (nSPS) is 12.2. The largest absolute Gasteiger partial charge is 0.496 e. The molecule has 27 heteroatoms. The fourth-order valence-electron chi connectivity index (χ4n) is 8.79.